The maximum Gasteiger partial charge on any atom is 0.117 e. The molecule has 0 saturated carbocycles. The van der Waals surface area contributed by atoms with E-state index in [-0.39, 0.29) is 5.60 Å². The average molecular weight is 293 g/mol. The quantitative estimate of drug-likeness (QED) is 0.874. The van der Waals surface area contributed by atoms with Crippen molar-refractivity contribution in [2.24, 2.45) is 0 Å². The maximum absolute atomic E-state index is 9.55. The summed E-state index contributed by atoms with van der Waals surface area (Å²) in [5.41, 5.74) is 0.983. The number of hydrogen-bond donors (Lipinski definition) is 1. The van der Waals surface area contributed by atoms with Gasteiger partial charge in [0.1, 0.15) is 5.75 Å². The summed E-state index contributed by atoms with van der Waals surface area (Å²) >= 11 is 0. The molecule has 1 fully saturated rings. The maximum atomic E-state index is 9.55. The van der Waals surface area contributed by atoms with Gasteiger partial charge in [-0.3, -0.25) is 0 Å². The van der Waals surface area contributed by atoms with Crippen LogP contribution in [-0.2, 0) is 9.47 Å². The van der Waals surface area contributed by atoms with Crippen LogP contribution in [0.15, 0.2) is 24.3 Å². The molecule has 1 heterocycles. The molecule has 0 bridgehead atoms. The van der Waals surface area contributed by atoms with Crippen molar-refractivity contribution >= 4 is 5.69 Å². The zero-order chi connectivity index (χ0) is 15.3. The second-order valence-corrected chi connectivity index (χ2v) is 6.29. The summed E-state index contributed by atoms with van der Waals surface area (Å²) in [7, 11) is 1.74. The molecule has 118 valence electrons. The van der Waals surface area contributed by atoms with Crippen molar-refractivity contribution in [3.63, 3.8) is 0 Å². The molecule has 0 aromatic heterocycles. The minimum absolute atomic E-state index is 0.109. The van der Waals surface area contributed by atoms with E-state index in [1.807, 2.05) is 18.2 Å². The van der Waals surface area contributed by atoms with Gasteiger partial charge in [-0.15, -0.1) is 0 Å². The molecule has 1 saturated heterocycles. The molecule has 1 aromatic carbocycles. The Labute approximate surface area is 127 Å². The summed E-state index contributed by atoms with van der Waals surface area (Å²) in [5, 5.41) is 9.55. The van der Waals surface area contributed by atoms with Crippen molar-refractivity contribution in [1.82, 2.24) is 0 Å². The third-order valence-electron chi connectivity index (χ3n) is 4.25. The minimum atomic E-state index is -0.109. The van der Waals surface area contributed by atoms with Crippen LogP contribution in [0.3, 0.4) is 0 Å². The Morgan fingerprint density at radius 2 is 2.00 bits per heavy atom. The molecule has 21 heavy (non-hydrogen) atoms. The van der Waals surface area contributed by atoms with Gasteiger partial charge in [-0.1, -0.05) is 6.07 Å². The smallest absolute Gasteiger partial charge is 0.117 e. The van der Waals surface area contributed by atoms with E-state index in [2.05, 4.69) is 18.7 Å². The SMILES string of the molecule is COC(C)(C)CCOC1CCN(c2cccc(O)c2)CC1. The molecule has 4 nitrogen and oxygen atoms in total. The van der Waals surface area contributed by atoms with E-state index in [0.717, 1.165) is 44.6 Å². The van der Waals surface area contributed by atoms with Crippen molar-refractivity contribution in [3.05, 3.63) is 24.3 Å². The standard InChI is InChI=1S/C17H27NO3/c1-17(2,20-3)9-12-21-16-7-10-18(11-8-16)14-5-4-6-15(19)13-14/h4-6,13,16,19H,7-12H2,1-3H3. The Hall–Kier alpha value is -1.26. The van der Waals surface area contributed by atoms with E-state index in [0.29, 0.717) is 11.9 Å². The van der Waals surface area contributed by atoms with E-state index in [4.69, 9.17) is 9.47 Å². The summed E-state index contributed by atoms with van der Waals surface area (Å²) in [6, 6.07) is 7.46. The van der Waals surface area contributed by atoms with Gasteiger partial charge in [-0.05, 0) is 45.2 Å². The van der Waals surface area contributed by atoms with Crippen LogP contribution in [0.2, 0.25) is 0 Å². The molecule has 2 rings (SSSR count). The van der Waals surface area contributed by atoms with Crippen LogP contribution >= 0.6 is 0 Å². The van der Waals surface area contributed by atoms with Crippen LogP contribution in [0.1, 0.15) is 33.1 Å². The first-order valence-corrected chi connectivity index (χ1v) is 7.71. The lowest BCUT2D eigenvalue weighted by atomic mass is 10.0. The monoisotopic (exact) mass is 293 g/mol. The fraction of sp³-hybridized carbons (Fsp3) is 0.647. The number of aromatic hydroxyl groups is 1. The number of rotatable bonds is 6. The van der Waals surface area contributed by atoms with Crippen LogP contribution in [0, 0.1) is 0 Å². The van der Waals surface area contributed by atoms with Gasteiger partial charge in [-0.25, -0.2) is 0 Å². The molecule has 1 aliphatic rings. The fourth-order valence-electron chi connectivity index (χ4n) is 2.54. The molecule has 1 N–H and O–H groups in total. The van der Waals surface area contributed by atoms with E-state index in [1.54, 1.807) is 13.2 Å². The molecule has 0 spiro atoms. The van der Waals surface area contributed by atoms with Crippen molar-refractivity contribution in [3.8, 4) is 5.75 Å². The first-order chi connectivity index (χ1) is 10.00. The molecule has 0 amide bonds. The van der Waals surface area contributed by atoms with Crippen molar-refractivity contribution < 1.29 is 14.6 Å². The van der Waals surface area contributed by atoms with E-state index >= 15 is 0 Å². The highest BCUT2D eigenvalue weighted by Gasteiger charge is 2.22. The van der Waals surface area contributed by atoms with Crippen LogP contribution < -0.4 is 4.90 Å². The third-order valence-corrected chi connectivity index (χ3v) is 4.25. The minimum Gasteiger partial charge on any atom is -0.508 e. The highest BCUT2D eigenvalue weighted by atomic mass is 16.5. The van der Waals surface area contributed by atoms with Gasteiger partial charge in [0.25, 0.3) is 0 Å². The molecule has 1 aromatic rings. The third kappa shape index (κ3) is 4.90. The summed E-state index contributed by atoms with van der Waals surface area (Å²) in [6.07, 6.45) is 3.31. The lowest BCUT2D eigenvalue weighted by Gasteiger charge is -2.34. The second kappa shape index (κ2) is 7.14. The fourth-order valence-corrected chi connectivity index (χ4v) is 2.54. The van der Waals surface area contributed by atoms with Gasteiger partial charge in [0, 0.05) is 38.6 Å². The number of piperidine rings is 1. The Bertz CT molecular complexity index is 439. The van der Waals surface area contributed by atoms with Gasteiger partial charge < -0.3 is 19.5 Å². The van der Waals surface area contributed by atoms with Crippen LogP contribution in [0.5, 0.6) is 5.75 Å². The largest absolute Gasteiger partial charge is 0.508 e. The molecule has 0 radical (unpaired) electrons. The van der Waals surface area contributed by atoms with E-state index in [9.17, 15) is 5.11 Å². The number of phenols is 1. The summed E-state index contributed by atoms with van der Waals surface area (Å²) in [4.78, 5) is 2.30. The van der Waals surface area contributed by atoms with Crippen LogP contribution in [0.4, 0.5) is 5.69 Å². The van der Waals surface area contributed by atoms with Crippen molar-refractivity contribution in [2.75, 3.05) is 31.7 Å². The normalized spacial score (nSPS) is 17.2. The number of hydrogen-bond acceptors (Lipinski definition) is 4. The van der Waals surface area contributed by atoms with Gasteiger partial charge in [0.2, 0.25) is 0 Å². The predicted molar refractivity (Wildman–Crippen MR) is 85.0 cm³/mol. The summed E-state index contributed by atoms with van der Waals surface area (Å²) in [5.74, 6) is 0.327. The Balaban J connectivity index is 1.73. The molecule has 0 aliphatic carbocycles. The van der Waals surface area contributed by atoms with Gasteiger partial charge in [0.05, 0.1) is 11.7 Å². The topological polar surface area (TPSA) is 41.9 Å². The van der Waals surface area contributed by atoms with E-state index in [1.165, 1.54) is 0 Å². The highest BCUT2D eigenvalue weighted by molar-refractivity contribution is 5.50. The van der Waals surface area contributed by atoms with Gasteiger partial charge in [0.15, 0.2) is 0 Å². The van der Waals surface area contributed by atoms with E-state index < -0.39 is 0 Å². The highest BCUT2D eigenvalue weighted by Crippen LogP contribution is 2.25. The average Bonchev–Trinajstić information content (AvgIpc) is 2.48. The van der Waals surface area contributed by atoms with Crippen molar-refractivity contribution in [2.45, 2.75) is 44.8 Å². The number of ether oxygens (including phenoxy) is 2. The predicted octanol–water partition coefficient (Wildman–Crippen LogP) is 3.19. The lowest BCUT2D eigenvalue weighted by molar-refractivity contribution is -0.0312. The lowest BCUT2D eigenvalue weighted by Crippen LogP contribution is -2.37. The molecule has 1 aliphatic heterocycles. The van der Waals surface area contributed by atoms with Crippen LogP contribution in [0.25, 0.3) is 0 Å². The summed E-state index contributed by atoms with van der Waals surface area (Å²) < 4.78 is 11.4. The van der Waals surface area contributed by atoms with Crippen molar-refractivity contribution in [1.29, 1.82) is 0 Å². The Kier molecular flexibility index (Phi) is 5.48. The van der Waals surface area contributed by atoms with Crippen LogP contribution in [-0.4, -0.2) is 43.6 Å². The molecule has 4 heteroatoms. The number of phenolic OH excluding ortho intramolecular Hbond substituents is 1. The molecular formula is C17H27NO3. The zero-order valence-corrected chi connectivity index (χ0v) is 13.3. The first kappa shape index (κ1) is 16.1. The number of methoxy groups -OCH3 is 1. The number of anilines is 1. The summed E-state index contributed by atoms with van der Waals surface area (Å²) in [6.45, 7) is 6.86. The molecule has 0 atom stereocenters. The molecular weight excluding hydrogens is 266 g/mol. The van der Waals surface area contributed by atoms with Gasteiger partial charge >= 0.3 is 0 Å². The second-order valence-electron chi connectivity index (χ2n) is 6.29. The number of benzene rings is 1. The first-order valence-electron chi connectivity index (χ1n) is 7.71. The molecule has 0 unspecified atom stereocenters. The van der Waals surface area contributed by atoms with Gasteiger partial charge in [-0.2, -0.15) is 0 Å². The number of nitrogens with zero attached hydrogens (tertiary/aromatic N) is 1. The zero-order valence-electron chi connectivity index (χ0n) is 13.3. The Morgan fingerprint density at radius 1 is 1.29 bits per heavy atom. The Morgan fingerprint density at radius 3 is 2.62 bits per heavy atom.